The summed E-state index contributed by atoms with van der Waals surface area (Å²) in [7, 11) is 3.15. The number of nitrogens with one attached hydrogen (secondary N) is 1. The summed E-state index contributed by atoms with van der Waals surface area (Å²) in [4.78, 5) is 13.4. The van der Waals surface area contributed by atoms with Gasteiger partial charge in [0.15, 0.2) is 0 Å². The van der Waals surface area contributed by atoms with Crippen LogP contribution in [0, 0.1) is 0 Å². The summed E-state index contributed by atoms with van der Waals surface area (Å²) >= 11 is 5.87. The van der Waals surface area contributed by atoms with Gasteiger partial charge in [0, 0.05) is 28.8 Å². The van der Waals surface area contributed by atoms with Crippen molar-refractivity contribution in [1.82, 2.24) is 25.5 Å². The normalized spacial score (nSPS) is 10.5. The number of ether oxygens (including phenoxy) is 2. The third kappa shape index (κ3) is 4.73. The maximum absolute atomic E-state index is 12.2. The molecule has 0 spiro atoms. The van der Waals surface area contributed by atoms with E-state index in [-0.39, 0.29) is 12.5 Å². The van der Waals surface area contributed by atoms with Crippen LogP contribution in [0.3, 0.4) is 0 Å². The van der Waals surface area contributed by atoms with Crippen molar-refractivity contribution in [2.24, 2.45) is 0 Å². The van der Waals surface area contributed by atoms with Crippen LogP contribution in [0.4, 0.5) is 0 Å². The highest BCUT2D eigenvalue weighted by Gasteiger charge is 2.11. The number of halogens is 1. The maximum atomic E-state index is 12.2. The fourth-order valence-corrected chi connectivity index (χ4v) is 2.53. The van der Waals surface area contributed by atoms with Crippen molar-refractivity contribution < 1.29 is 14.3 Å². The van der Waals surface area contributed by atoms with E-state index in [1.165, 1.54) is 4.80 Å². The van der Waals surface area contributed by atoms with Gasteiger partial charge in [-0.2, -0.15) is 4.80 Å². The summed E-state index contributed by atoms with van der Waals surface area (Å²) in [5.74, 6) is 1.51. The van der Waals surface area contributed by atoms with Crippen LogP contribution in [0.25, 0.3) is 11.4 Å². The van der Waals surface area contributed by atoms with Gasteiger partial charge in [-0.25, -0.2) is 0 Å². The second-order valence-corrected chi connectivity index (χ2v) is 6.04. The molecule has 0 unspecified atom stereocenters. The minimum Gasteiger partial charge on any atom is -0.497 e. The molecule has 2 aromatic carbocycles. The van der Waals surface area contributed by atoms with Crippen LogP contribution in [0.2, 0.25) is 5.02 Å². The number of tetrazole rings is 1. The Hall–Kier alpha value is -3.13. The first-order valence-corrected chi connectivity index (χ1v) is 8.48. The fraction of sp³-hybridized carbons (Fsp3) is 0.222. The highest BCUT2D eigenvalue weighted by molar-refractivity contribution is 6.30. The lowest BCUT2D eigenvalue weighted by Crippen LogP contribution is -2.28. The van der Waals surface area contributed by atoms with Gasteiger partial charge in [0.05, 0.1) is 14.2 Å². The number of rotatable bonds is 7. The van der Waals surface area contributed by atoms with Crippen molar-refractivity contribution in [2.75, 3.05) is 14.2 Å². The molecule has 3 aromatic rings. The molecular formula is C18H18ClN5O3. The first-order valence-electron chi connectivity index (χ1n) is 8.10. The molecule has 1 heterocycles. The summed E-state index contributed by atoms with van der Waals surface area (Å²) < 4.78 is 10.5. The molecule has 3 rings (SSSR count). The molecule has 0 aliphatic rings. The first kappa shape index (κ1) is 18.7. The average molecular weight is 388 g/mol. The largest absolute Gasteiger partial charge is 0.497 e. The predicted octanol–water partition coefficient (Wildman–Crippen LogP) is 2.33. The van der Waals surface area contributed by atoms with E-state index in [0.717, 1.165) is 11.1 Å². The van der Waals surface area contributed by atoms with Gasteiger partial charge in [-0.1, -0.05) is 11.6 Å². The standard InChI is InChI=1S/C18H18ClN5O3/c1-26-15-8-5-13(16(9-15)27-2)10-20-17(25)11-24-22-18(21-23-24)12-3-6-14(19)7-4-12/h3-9H,10-11H2,1-2H3,(H,20,25). The molecule has 9 heteroatoms. The summed E-state index contributed by atoms with van der Waals surface area (Å²) in [6, 6.07) is 12.5. The van der Waals surface area contributed by atoms with Crippen LogP contribution in [-0.2, 0) is 17.9 Å². The van der Waals surface area contributed by atoms with E-state index in [9.17, 15) is 4.79 Å². The quantitative estimate of drug-likeness (QED) is 0.669. The van der Waals surface area contributed by atoms with E-state index >= 15 is 0 Å². The Morgan fingerprint density at radius 3 is 2.63 bits per heavy atom. The van der Waals surface area contributed by atoms with Gasteiger partial charge >= 0.3 is 0 Å². The van der Waals surface area contributed by atoms with E-state index in [4.69, 9.17) is 21.1 Å². The van der Waals surface area contributed by atoms with Crippen LogP contribution in [-0.4, -0.2) is 40.3 Å². The van der Waals surface area contributed by atoms with Crippen LogP contribution < -0.4 is 14.8 Å². The Bertz CT molecular complexity index is 927. The zero-order valence-corrected chi connectivity index (χ0v) is 15.6. The number of amides is 1. The topological polar surface area (TPSA) is 91.2 Å². The van der Waals surface area contributed by atoms with Crippen molar-refractivity contribution in [3.8, 4) is 22.9 Å². The fourth-order valence-electron chi connectivity index (χ4n) is 2.40. The van der Waals surface area contributed by atoms with Gasteiger partial charge < -0.3 is 14.8 Å². The van der Waals surface area contributed by atoms with Gasteiger partial charge in [0.25, 0.3) is 0 Å². The first-order chi connectivity index (χ1) is 13.1. The van der Waals surface area contributed by atoms with Crippen LogP contribution >= 0.6 is 11.6 Å². The van der Waals surface area contributed by atoms with E-state index in [1.54, 1.807) is 50.6 Å². The summed E-state index contributed by atoms with van der Waals surface area (Å²) in [6.45, 7) is 0.268. The molecule has 140 valence electrons. The lowest BCUT2D eigenvalue weighted by molar-refractivity contribution is -0.122. The number of carbonyl (C=O) groups is 1. The molecule has 0 aliphatic heterocycles. The van der Waals surface area contributed by atoms with Crippen molar-refractivity contribution >= 4 is 17.5 Å². The molecule has 1 N–H and O–H groups in total. The number of carbonyl (C=O) groups excluding carboxylic acids is 1. The van der Waals surface area contributed by atoms with Gasteiger partial charge in [-0.05, 0) is 41.6 Å². The lowest BCUT2D eigenvalue weighted by atomic mass is 10.2. The van der Waals surface area contributed by atoms with Crippen LogP contribution in [0.15, 0.2) is 42.5 Å². The predicted molar refractivity (Wildman–Crippen MR) is 99.7 cm³/mol. The Balaban J connectivity index is 1.59. The second-order valence-electron chi connectivity index (χ2n) is 5.60. The molecule has 0 saturated heterocycles. The van der Waals surface area contributed by atoms with Gasteiger partial charge in [-0.3, -0.25) is 4.79 Å². The minimum absolute atomic E-state index is 0.0426. The number of hydrogen-bond acceptors (Lipinski definition) is 6. The van der Waals surface area contributed by atoms with Crippen LogP contribution in [0.5, 0.6) is 11.5 Å². The Morgan fingerprint density at radius 2 is 1.93 bits per heavy atom. The van der Waals surface area contributed by atoms with Gasteiger partial charge in [0.1, 0.15) is 18.0 Å². The van der Waals surface area contributed by atoms with Crippen molar-refractivity contribution in [3.63, 3.8) is 0 Å². The SMILES string of the molecule is COc1ccc(CNC(=O)Cn2nnc(-c3ccc(Cl)cc3)n2)c(OC)c1. The molecule has 0 aliphatic carbocycles. The average Bonchev–Trinajstić information content (AvgIpc) is 3.15. The van der Waals surface area contributed by atoms with E-state index in [2.05, 4.69) is 20.7 Å². The number of methoxy groups -OCH3 is 2. The number of aromatic nitrogens is 4. The molecule has 0 fully saturated rings. The van der Waals surface area contributed by atoms with Gasteiger partial charge in [0.2, 0.25) is 11.7 Å². The van der Waals surface area contributed by atoms with Crippen molar-refractivity contribution in [2.45, 2.75) is 13.1 Å². The molecule has 1 amide bonds. The molecule has 0 radical (unpaired) electrons. The maximum Gasteiger partial charge on any atom is 0.243 e. The summed E-state index contributed by atoms with van der Waals surface area (Å²) in [5.41, 5.74) is 1.61. The number of nitrogens with zero attached hydrogens (tertiary/aromatic N) is 4. The monoisotopic (exact) mass is 387 g/mol. The molecule has 0 saturated carbocycles. The third-order valence-electron chi connectivity index (χ3n) is 3.81. The molecule has 0 bridgehead atoms. The van der Waals surface area contributed by atoms with E-state index in [1.807, 2.05) is 6.07 Å². The highest BCUT2D eigenvalue weighted by atomic mass is 35.5. The zero-order chi connectivity index (χ0) is 19.2. The summed E-state index contributed by atoms with van der Waals surface area (Å²) in [5, 5.41) is 15.5. The molecule has 8 nitrogen and oxygen atoms in total. The molecule has 0 atom stereocenters. The number of hydrogen-bond donors (Lipinski definition) is 1. The molecular weight excluding hydrogens is 370 g/mol. The van der Waals surface area contributed by atoms with Crippen molar-refractivity contribution in [3.05, 3.63) is 53.1 Å². The van der Waals surface area contributed by atoms with Crippen molar-refractivity contribution in [1.29, 1.82) is 0 Å². The lowest BCUT2D eigenvalue weighted by Gasteiger charge is -2.11. The van der Waals surface area contributed by atoms with E-state index in [0.29, 0.717) is 28.9 Å². The Labute approximate surface area is 161 Å². The Kier molecular flexibility index (Phi) is 5.87. The highest BCUT2D eigenvalue weighted by Crippen LogP contribution is 2.24. The van der Waals surface area contributed by atoms with Gasteiger partial charge in [-0.15, -0.1) is 10.2 Å². The second kappa shape index (κ2) is 8.50. The van der Waals surface area contributed by atoms with E-state index < -0.39 is 0 Å². The minimum atomic E-state index is -0.243. The molecule has 1 aromatic heterocycles. The number of benzene rings is 2. The van der Waals surface area contributed by atoms with Crippen LogP contribution in [0.1, 0.15) is 5.56 Å². The third-order valence-corrected chi connectivity index (χ3v) is 4.06. The zero-order valence-electron chi connectivity index (χ0n) is 14.8. The smallest absolute Gasteiger partial charge is 0.243 e. The summed E-state index contributed by atoms with van der Waals surface area (Å²) in [6.07, 6.45) is 0. The molecule has 27 heavy (non-hydrogen) atoms. The Morgan fingerprint density at radius 1 is 1.15 bits per heavy atom.